The van der Waals surface area contributed by atoms with Crippen LogP contribution >= 0.6 is 0 Å². The topological polar surface area (TPSA) is 83.8 Å². The van der Waals surface area contributed by atoms with Crippen molar-refractivity contribution in [1.29, 1.82) is 5.26 Å². The van der Waals surface area contributed by atoms with E-state index < -0.39 is 12.1 Å². The first-order valence-corrected chi connectivity index (χ1v) is 11.5. The Balaban J connectivity index is 1.81. The summed E-state index contributed by atoms with van der Waals surface area (Å²) >= 11 is 0. The Bertz CT molecular complexity index is 1140. The minimum absolute atomic E-state index is 0.143. The van der Waals surface area contributed by atoms with Gasteiger partial charge in [0.25, 0.3) is 0 Å². The second-order valence-electron chi connectivity index (χ2n) is 7.96. The third-order valence-corrected chi connectivity index (χ3v) is 5.68. The Hall–Kier alpha value is -3.19. The van der Waals surface area contributed by atoms with Crippen molar-refractivity contribution in [2.75, 3.05) is 19.6 Å². The summed E-state index contributed by atoms with van der Waals surface area (Å²) in [5.74, 6) is -0.502. The van der Waals surface area contributed by atoms with Gasteiger partial charge < -0.3 is 14.0 Å². The van der Waals surface area contributed by atoms with Gasteiger partial charge in [0.2, 0.25) is 0 Å². The smallest absolute Gasteiger partial charge is 0.329 e. The number of imidazole rings is 1. The average molecular weight is 475 g/mol. The molecular weight excluding hydrogens is 445 g/mol. The van der Waals surface area contributed by atoms with E-state index in [1.807, 2.05) is 18.2 Å². The maximum Gasteiger partial charge on any atom is 0.471 e. The molecule has 3 rings (SSSR count). The Morgan fingerprint density at radius 3 is 2.59 bits per heavy atom. The molecular formula is C24H29F3N6O. The van der Waals surface area contributed by atoms with Gasteiger partial charge in [0.15, 0.2) is 5.82 Å². The minimum atomic E-state index is -4.67. The van der Waals surface area contributed by atoms with Crippen LogP contribution in [0.5, 0.6) is 0 Å². The molecule has 0 N–H and O–H groups in total. The summed E-state index contributed by atoms with van der Waals surface area (Å²) in [6.45, 7) is 7.99. The number of hydrogen-bond donors (Lipinski definition) is 0. The molecule has 0 unspecified atom stereocenters. The summed E-state index contributed by atoms with van der Waals surface area (Å²) in [6, 6.07) is 7.97. The van der Waals surface area contributed by atoms with Crippen molar-refractivity contribution in [2.24, 2.45) is 0 Å². The molecule has 1 aromatic carbocycles. The predicted molar refractivity (Wildman–Crippen MR) is 124 cm³/mol. The van der Waals surface area contributed by atoms with Gasteiger partial charge in [-0.1, -0.05) is 37.6 Å². The van der Waals surface area contributed by atoms with E-state index in [9.17, 15) is 13.2 Å². The standard InChI is InChI=1S/C24H29F3N6O/c1-3-32(4-2)15-16-33-20-12-10-18(11-13-21-30-23(34-31-21)24(25,26)27)17-19(20)29-22(33)9-7-5-6-8-14-28/h10-13,17H,3-9,15-16H2,1-2H3/b13-11+. The minimum Gasteiger partial charge on any atom is -0.329 e. The summed E-state index contributed by atoms with van der Waals surface area (Å²) in [4.78, 5) is 10.6. The summed E-state index contributed by atoms with van der Waals surface area (Å²) in [6.07, 6.45) is 2.58. The van der Waals surface area contributed by atoms with E-state index >= 15 is 0 Å². The number of aryl methyl sites for hydroxylation is 1. The molecule has 0 spiro atoms. The largest absolute Gasteiger partial charge is 0.471 e. The highest BCUT2D eigenvalue weighted by atomic mass is 19.4. The summed E-state index contributed by atoms with van der Waals surface area (Å²) in [5.41, 5.74) is 2.63. The van der Waals surface area contributed by atoms with Gasteiger partial charge in [-0.15, -0.1) is 0 Å². The highest BCUT2D eigenvalue weighted by Crippen LogP contribution is 2.27. The molecule has 0 aliphatic carbocycles. The van der Waals surface area contributed by atoms with E-state index in [0.29, 0.717) is 6.42 Å². The third-order valence-electron chi connectivity index (χ3n) is 5.68. The van der Waals surface area contributed by atoms with Crippen LogP contribution in [0.15, 0.2) is 22.7 Å². The number of alkyl halides is 3. The summed E-state index contributed by atoms with van der Waals surface area (Å²) < 4.78 is 44.4. The van der Waals surface area contributed by atoms with E-state index in [0.717, 1.165) is 74.3 Å². The van der Waals surface area contributed by atoms with E-state index in [1.54, 1.807) is 6.08 Å². The van der Waals surface area contributed by atoms with Crippen LogP contribution in [0.1, 0.15) is 62.6 Å². The number of benzene rings is 1. The van der Waals surface area contributed by atoms with Gasteiger partial charge in [0.05, 0.1) is 17.1 Å². The number of aromatic nitrogens is 4. The molecule has 34 heavy (non-hydrogen) atoms. The summed E-state index contributed by atoms with van der Waals surface area (Å²) in [5, 5.41) is 12.1. The number of halogens is 3. The maximum absolute atomic E-state index is 12.6. The fraction of sp³-hybridized carbons (Fsp3) is 0.500. The van der Waals surface area contributed by atoms with Crippen molar-refractivity contribution in [3.05, 3.63) is 41.3 Å². The highest BCUT2D eigenvalue weighted by Gasteiger charge is 2.38. The molecule has 2 aromatic heterocycles. The Morgan fingerprint density at radius 2 is 1.91 bits per heavy atom. The van der Waals surface area contributed by atoms with Gasteiger partial charge >= 0.3 is 12.1 Å². The summed E-state index contributed by atoms with van der Waals surface area (Å²) in [7, 11) is 0. The van der Waals surface area contributed by atoms with Crippen LogP contribution in [-0.4, -0.2) is 44.2 Å². The normalized spacial score (nSPS) is 12.3. The van der Waals surface area contributed by atoms with Crippen molar-refractivity contribution in [1.82, 2.24) is 24.6 Å². The Kier molecular flexibility index (Phi) is 8.82. The SMILES string of the molecule is CCN(CC)CCn1c(CCCCCC#N)nc2cc(/C=C/c3noc(C(F)(F)F)n3)ccc21. The number of nitrogens with zero attached hydrogens (tertiary/aromatic N) is 6. The quantitative estimate of drug-likeness (QED) is 0.319. The first kappa shape index (κ1) is 25.4. The van der Waals surface area contributed by atoms with Crippen molar-refractivity contribution < 1.29 is 17.7 Å². The third kappa shape index (κ3) is 6.67. The lowest BCUT2D eigenvalue weighted by Crippen LogP contribution is -2.27. The van der Waals surface area contributed by atoms with Crippen LogP contribution in [0.25, 0.3) is 23.2 Å². The van der Waals surface area contributed by atoms with Crippen LogP contribution < -0.4 is 0 Å². The second kappa shape index (κ2) is 11.8. The first-order chi connectivity index (χ1) is 16.4. The molecule has 0 saturated carbocycles. The monoisotopic (exact) mass is 474 g/mol. The number of nitriles is 1. The molecule has 0 atom stereocenters. The van der Waals surface area contributed by atoms with Crippen molar-refractivity contribution in [2.45, 2.75) is 58.7 Å². The van der Waals surface area contributed by atoms with Gasteiger partial charge in [0, 0.05) is 25.9 Å². The number of likely N-dealkylation sites (N-methyl/N-ethyl adjacent to an activating group) is 1. The Morgan fingerprint density at radius 1 is 1.12 bits per heavy atom. The predicted octanol–water partition coefficient (Wildman–Crippen LogP) is 5.58. The van der Waals surface area contributed by atoms with Crippen LogP contribution in [0, 0.1) is 11.3 Å². The van der Waals surface area contributed by atoms with Gasteiger partial charge in [0.1, 0.15) is 5.82 Å². The highest BCUT2D eigenvalue weighted by molar-refractivity contribution is 5.81. The molecule has 3 aromatic rings. The van der Waals surface area contributed by atoms with Crippen LogP contribution in [0.2, 0.25) is 0 Å². The number of rotatable bonds is 12. The average Bonchev–Trinajstić information content (AvgIpc) is 3.43. The zero-order valence-electron chi connectivity index (χ0n) is 19.5. The first-order valence-electron chi connectivity index (χ1n) is 11.5. The number of fused-ring (bicyclic) bond motifs is 1. The molecule has 0 fully saturated rings. The molecule has 7 nitrogen and oxygen atoms in total. The van der Waals surface area contributed by atoms with Crippen molar-refractivity contribution in [3.63, 3.8) is 0 Å². The molecule has 2 heterocycles. The van der Waals surface area contributed by atoms with E-state index in [-0.39, 0.29) is 5.82 Å². The van der Waals surface area contributed by atoms with Crippen molar-refractivity contribution >= 4 is 23.2 Å². The molecule has 0 bridgehead atoms. The van der Waals surface area contributed by atoms with E-state index in [1.165, 1.54) is 6.08 Å². The lowest BCUT2D eigenvalue weighted by atomic mass is 10.1. The molecule has 0 saturated heterocycles. The number of unbranched alkanes of at least 4 members (excludes halogenated alkanes) is 3. The van der Waals surface area contributed by atoms with Crippen LogP contribution in [0.3, 0.4) is 0 Å². The molecule has 0 radical (unpaired) electrons. The van der Waals surface area contributed by atoms with E-state index in [4.69, 9.17) is 10.2 Å². The van der Waals surface area contributed by atoms with Crippen LogP contribution in [-0.2, 0) is 19.1 Å². The molecule has 10 heteroatoms. The zero-order chi connectivity index (χ0) is 24.6. The van der Waals surface area contributed by atoms with E-state index in [2.05, 4.69) is 44.0 Å². The van der Waals surface area contributed by atoms with Crippen molar-refractivity contribution in [3.8, 4) is 6.07 Å². The lowest BCUT2D eigenvalue weighted by Gasteiger charge is -2.19. The fourth-order valence-electron chi connectivity index (χ4n) is 3.77. The maximum atomic E-state index is 12.6. The van der Waals surface area contributed by atoms with Crippen LogP contribution in [0.4, 0.5) is 13.2 Å². The van der Waals surface area contributed by atoms with Gasteiger partial charge in [-0.2, -0.15) is 23.4 Å². The van der Waals surface area contributed by atoms with Gasteiger partial charge in [-0.05, 0) is 49.7 Å². The van der Waals surface area contributed by atoms with Gasteiger partial charge in [-0.25, -0.2) is 4.98 Å². The lowest BCUT2D eigenvalue weighted by molar-refractivity contribution is -0.159. The zero-order valence-corrected chi connectivity index (χ0v) is 19.5. The molecule has 182 valence electrons. The molecule has 0 aliphatic heterocycles. The number of hydrogen-bond acceptors (Lipinski definition) is 6. The van der Waals surface area contributed by atoms with Gasteiger partial charge in [-0.3, -0.25) is 0 Å². The second-order valence-corrected chi connectivity index (χ2v) is 7.96. The molecule has 0 aliphatic rings. The molecule has 0 amide bonds. The Labute approximate surface area is 196 Å². The fourth-order valence-corrected chi connectivity index (χ4v) is 3.77.